The van der Waals surface area contributed by atoms with Crippen molar-refractivity contribution in [1.29, 1.82) is 0 Å². The van der Waals surface area contributed by atoms with Crippen LogP contribution in [0.4, 0.5) is 5.69 Å². The first-order chi connectivity index (χ1) is 14.0. The monoisotopic (exact) mass is 408 g/mol. The summed E-state index contributed by atoms with van der Waals surface area (Å²) in [6.45, 7) is 9.34. The second kappa shape index (κ2) is 9.80. The number of aliphatic carboxylic acids is 1. The zero-order chi connectivity index (χ0) is 20.6. The van der Waals surface area contributed by atoms with E-state index in [9.17, 15) is 4.79 Å². The third-order valence-corrected chi connectivity index (χ3v) is 5.12. The van der Waals surface area contributed by atoms with E-state index >= 15 is 0 Å². The highest BCUT2D eigenvalue weighted by atomic mass is 32.2. The molecule has 0 bridgehead atoms. The topological polar surface area (TPSA) is 76.9 Å². The maximum Gasteiger partial charge on any atom is 0.313 e. The molecule has 1 N–H and O–H groups in total. The molecule has 7 heteroatoms. The molecule has 3 rings (SSSR count). The summed E-state index contributed by atoms with van der Waals surface area (Å²) in [7, 11) is 0. The van der Waals surface area contributed by atoms with E-state index in [2.05, 4.69) is 9.83 Å². The van der Waals surface area contributed by atoms with Gasteiger partial charge < -0.3 is 14.3 Å². The number of nitrogens with zero attached hydrogens (tertiary/aromatic N) is 2. The second-order valence-corrected chi connectivity index (χ2v) is 7.30. The number of thioether (sulfide) groups is 1. The lowest BCUT2D eigenvalue weighted by Gasteiger charge is -2.07. The number of carboxylic acid groups (broad SMARTS) is 1. The summed E-state index contributed by atoms with van der Waals surface area (Å²) in [5, 5.41) is 8.72. The number of carboxylic acids is 1. The minimum absolute atomic E-state index is 0.0828. The Kier molecular flexibility index (Phi) is 6.93. The Labute approximate surface area is 173 Å². The van der Waals surface area contributed by atoms with Crippen LogP contribution in [-0.2, 0) is 17.0 Å². The van der Waals surface area contributed by atoms with Gasteiger partial charge >= 0.3 is 5.97 Å². The van der Waals surface area contributed by atoms with Crippen molar-refractivity contribution in [3.8, 4) is 17.2 Å². The summed E-state index contributed by atoms with van der Waals surface area (Å²) in [6.07, 6.45) is 0.605. The van der Waals surface area contributed by atoms with Crippen LogP contribution < -0.4 is 4.74 Å². The van der Waals surface area contributed by atoms with Gasteiger partial charge in [0.05, 0.1) is 24.6 Å². The number of ether oxygens (including phenoxy) is 1. The third-order valence-electron chi connectivity index (χ3n) is 4.14. The smallest absolute Gasteiger partial charge is 0.313 e. The van der Waals surface area contributed by atoms with E-state index < -0.39 is 5.97 Å². The number of hydrogen-bond acceptors (Lipinski definition) is 5. The van der Waals surface area contributed by atoms with Crippen molar-refractivity contribution in [1.82, 2.24) is 4.98 Å². The average Bonchev–Trinajstić information content (AvgIpc) is 3.09. The number of rotatable bonds is 9. The molecular weight excluding hydrogens is 388 g/mol. The maximum absolute atomic E-state index is 10.6. The first-order valence-corrected chi connectivity index (χ1v) is 10.2. The standard InChI is InChI=1S/C22H20N2O4S/c1-15-20(24-22(28-15)17-6-8-18(23-2)9-7-17)10-11-27-19-5-3-4-16(12-19)13-29-14-21(25)26/h3-9,12H,10-11,13-14H2,1H3,(H,25,26). The SMILES string of the molecule is [C-]#[N+]c1ccc(-c2nc(CCOc3cccc(CSCC(=O)O)c3)c(C)o2)cc1. The molecule has 1 aromatic heterocycles. The number of oxazole rings is 1. The Bertz CT molecular complexity index is 1020. The van der Waals surface area contributed by atoms with E-state index in [0.29, 0.717) is 30.4 Å². The Balaban J connectivity index is 1.56. The molecule has 2 aromatic carbocycles. The Morgan fingerprint density at radius 3 is 2.79 bits per heavy atom. The number of hydrogen-bond donors (Lipinski definition) is 1. The van der Waals surface area contributed by atoms with Crippen LogP contribution >= 0.6 is 11.8 Å². The van der Waals surface area contributed by atoms with Crippen LogP contribution in [0.25, 0.3) is 16.3 Å². The van der Waals surface area contributed by atoms with Crippen molar-refractivity contribution >= 4 is 23.4 Å². The fourth-order valence-corrected chi connectivity index (χ4v) is 3.40. The number of aryl methyl sites for hydroxylation is 1. The van der Waals surface area contributed by atoms with Gasteiger partial charge in [-0.3, -0.25) is 4.79 Å². The Morgan fingerprint density at radius 1 is 1.28 bits per heavy atom. The fourth-order valence-electron chi connectivity index (χ4n) is 2.71. The van der Waals surface area contributed by atoms with Crippen LogP contribution in [0.2, 0.25) is 0 Å². The van der Waals surface area contributed by atoms with Crippen LogP contribution in [0.15, 0.2) is 52.9 Å². The molecule has 0 radical (unpaired) electrons. The quantitative estimate of drug-likeness (QED) is 0.494. The predicted octanol–water partition coefficient (Wildman–Crippen LogP) is 5.14. The molecule has 0 spiro atoms. The molecular formula is C22H20N2O4S. The van der Waals surface area contributed by atoms with Gasteiger partial charge in [-0.25, -0.2) is 9.83 Å². The van der Waals surface area contributed by atoms with Crippen molar-refractivity contribution in [2.24, 2.45) is 0 Å². The van der Waals surface area contributed by atoms with Crippen molar-refractivity contribution < 1.29 is 19.1 Å². The van der Waals surface area contributed by atoms with Crippen molar-refractivity contribution in [2.75, 3.05) is 12.4 Å². The average molecular weight is 408 g/mol. The van der Waals surface area contributed by atoms with Crippen molar-refractivity contribution in [2.45, 2.75) is 19.1 Å². The summed E-state index contributed by atoms with van der Waals surface area (Å²) in [6, 6.07) is 14.8. The molecule has 0 unspecified atom stereocenters. The molecule has 0 aliphatic rings. The van der Waals surface area contributed by atoms with Crippen LogP contribution in [0.3, 0.4) is 0 Å². The molecule has 0 saturated heterocycles. The molecule has 6 nitrogen and oxygen atoms in total. The van der Waals surface area contributed by atoms with E-state index in [0.717, 1.165) is 28.3 Å². The molecule has 0 atom stereocenters. The zero-order valence-electron chi connectivity index (χ0n) is 15.9. The summed E-state index contributed by atoms with van der Waals surface area (Å²) in [5.74, 6) is 1.92. The van der Waals surface area contributed by atoms with E-state index in [1.165, 1.54) is 11.8 Å². The lowest BCUT2D eigenvalue weighted by Crippen LogP contribution is -2.03. The lowest BCUT2D eigenvalue weighted by atomic mass is 10.2. The molecule has 29 heavy (non-hydrogen) atoms. The summed E-state index contributed by atoms with van der Waals surface area (Å²) in [5.41, 5.74) is 3.27. The highest BCUT2D eigenvalue weighted by molar-refractivity contribution is 7.99. The number of benzene rings is 2. The Hall–Kier alpha value is -3.24. The molecule has 148 valence electrons. The van der Waals surface area contributed by atoms with Gasteiger partial charge in [0.25, 0.3) is 0 Å². The second-order valence-electron chi connectivity index (χ2n) is 6.31. The number of aromatic nitrogens is 1. The van der Waals surface area contributed by atoms with E-state index in [1.807, 2.05) is 43.3 Å². The van der Waals surface area contributed by atoms with E-state index in [1.54, 1.807) is 12.1 Å². The first kappa shape index (κ1) is 20.5. The van der Waals surface area contributed by atoms with Gasteiger partial charge in [-0.05, 0) is 24.6 Å². The van der Waals surface area contributed by atoms with Crippen LogP contribution in [0.5, 0.6) is 5.75 Å². The first-order valence-electron chi connectivity index (χ1n) is 9.00. The van der Waals surface area contributed by atoms with Crippen LogP contribution in [-0.4, -0.2) is 28.4 Å². The molecule has 0 saturated carbocycles. The largest absolute Gasteiger partial charge is 0.493 e. The van der Waals surface area contributed by atoms with Gasteiger partial charge in [-0.15, -0.1) is 11.8 Å². The molecule has 0 fully saturated rings. The minimum Gasteiger partial charge on any atom is -0.493 e. The maximum atomic E-state index is 10.6. The van der Waals surface area contributed by atoms with Gasteiger partial charge in [0.1, 0.15) is 11.5 Å². The van der Waals surface area contributed by atoms with Gasteiger partial charge in [0.15, 0.2) is 5.69 Å². The predicted molar refractivity (Wildman–Crippen MR) is 112 cm³/mol. The minimum atomic E-state index is -0.813. The summed E-state index contributed by atoms with van der Waals surface area (Å²) in [4.78, 5) is 18.6. The normalized spacial score (nSPS) is 10.5. The van der Waals surface area contributed by atoms with E-state index in [-0.39, 0.29) is 5.75 Å². The summed E-state index contributed by atoms with van der Waals surface area (Å²) >= 11 is 1.35. The zero-order valence-corrected chi connectivity index (χ0v) is 16.7. The highest BCUT2D eigenvalue weighted by Crippen LogP contribution is 2.25. The third kappa shape index (κ3) is 5.87. The summed E-state index contributed by atoms with van der Waals surface area (Å²) < 4.78 is 11.6. The van der Waals surface area contributed by atoms with Gasteiger partial charge in [0.2, 0.25) is 5.89 Å². The fraction of sp³-hybridized carbons (Fsp3) is 0.227. The molecule has 1 heterocycles. The van der Waals surface area contributed by atoms with Gasteiger partial charge in [-0.2, -0.15) is 0 Å². The number of carbonyl (C=O) groups is 1. The van der Waals surface area contributed by atoms with Crippen LogP contribution in [0, 0.1) is 13.5 Å². The van der Waals surface area contributed by atoms with Gasteiger partial charge in [-0.1, -0.05) is 36.4 Å². The lowest BCUT2D eigenvalue weighted by molar-refractivity contribution is -0.133. The van der Waals surface area contributed by atoms with Crippen LogP contribution in [0.1, 0.15) is 17.0 Å². The molecule has 0 aliphatic carbocycles. The van der Waals surface area contributed by atoms with Gasteiger partial charge in [0, 0.05) is 17.7 Å². The Morgan fingerprint density at radius 2 is 2.07 bits per heavy atom. The van der Waals surface area contributed by atoms with Crippen molar-refractivity contribution in [3.63, 3.8) is 0 Å². The highest BCUT2D eigenvalue weighted by Gasteiger charge is 2.12. The molecule has 0 aliphatic heterocycles. The van der Waals surface area contributed by atoms with E-state index in [4.69, 9.17) is 20.8 Å². The molecule has 3 aromatic rings. The van der Waals surface area contributed by atoms with Crippen molar-refractivity contribution in [3.05, 3.63) is 77.0 Å². The molecule has 0 amide bonds.